The van der Waals surface area contributed by atoms with Crippen LogP contribution in [0.25, 0.3) is 0 Å². The summed E-state index contributed by atoms with van der Waals surface area (Å²) in [5, 5.41) is 6.44. The van der Waals surface area contributed by atoms with E-state index in [0.29, 0.717) is 4.47 Å². The second-order valence-electron chi connectivity index (χ2n) is 5.41. The van der Waals surface area contributed by atoms with Gasteiger partial charge in [-0.3, -0.25) is 10.1 Å². The molecule has 4 nitrogen and oxygen atoms in total. The fourth-order valence-electron chi connectivity index (χ4n) is 1.51. The van der Waals surface area contributed by atoms with Crippen LogP contribution in [0.2, 0.25) is 0 Å². The lowest BCUT2D eigenvalue weighted by Gasteiger charge is -2.12. The average molecular weight is 341 g/mol. The molecule has 0 fully saturated rings. The first-order valence-corrected chi connectivity index (χ1v) is 6.80. The van der Waals surface area contributed by atoms with Gasteiger partial charge in [-0.05, 0) is 34.1 Å². The lowest BCUT2D eigenvalue weighted by atomic mass is 9.92. The number of hydrogen-bond donors (Lipinski definition) is 1. The van der Waals surface area contributed by atoms with E-state index in [2.05, 4.69) is 26.4 Å². The summed E-state index contributed by atoms with van der Waals surface area (Å²) in [7, 11) is 0. The summed E-state index contributed by atoms with van der Waals surface area (Å²) in [6.07, 6.45) is 0. The molecular formula is C14H14BrFN2O2. The van der Waals surface area contributed by atoms with Crippen molar-refractivity contribution in [3.8, 4) is 0 Å². The first-order valence-electron chi connectivity index (χ1n) is 6.01. The van der Waals surface area contributed by atoms with Gasteiger partial charge in [-0.25, -0.2) is 4.39 Å². The first kappa shape index (κ1) is 14.7. The van der Waals surface area contributed by atoms with Gasteiger partial charge in [0.05, 0.1) is 10.2 Å². The minimum atomic E-state index is -0.495. The highest BCUT2D eigenvalue weighted by molar-refractivity contribution is 9.10. The van der Waals surface area contributed by atoms with Gasteiger partial charge < -0.3 is 4.52 Å². The van der Waals surface area contributed by atoms with Gasteiger partial charge in [0.15, 0.2) is 0 Å². The average Bonchev–Trinajstić information content (AvgIpc) is 2.81. The summed E-state index contributed by atoms with van der Waals surface area (Å²) in [5.41, 5.74) is 0.769. The van der Waals surface area contributed by atoms with Crippen molar-refractivity contribution in [2.24, 2.45) is 0 Å². The Kier molecular flexibility index (Phi) is 3.94. The lowest BCUT2D eigenvalue weighted by Crippen LogP contribution is -2.12. The fourth-order valence-corrected chi connectivity index (χ4v) is 1.76. The van der Waals surface area contributed by atoms with Crippen molar-refractivity contribution in [1.29, 1.82) is 0 Å². The molecule has 1 aromatic heterocycles. The molecule has 1 amide bonds. The third-order valence-corrected chi connectivity index (χ3v) is 3.34. The molecule has 0 aliphatic heterocycles. The van der Waals surface area contributed by atoms with Gasteiger partial charge in [-0.2, -0.15) is 0 Å². The van der Waals surface area contributed by atoms with E-state index in [0.717, 1.165) is 11.8 Å². The summed E-state index contributed by atoms with van der Waals surface area (Å²) in [4.78, 5) is 12.0. The third kappa shape index (κ3) is 3.25. The van der Waals surface area contributed by atoms with Crippen LogP contribution >= 0.6 is 15.9 Å². The summed E-state index contributed by atoms with van der Waals surface area (Å²) in [6, 6.07) is 5.81. The van der Waals surface area contributed by atoms with Crippen LogP contribution in [0, 0.1) is 5.82 Å². The highest BCUT2D eigenvalue weighted by atomic mass is 79.9. The summed E-state index contributed by atoms with van der Waals surface area (Å²) in [6.45, 7) is 5.96. The Bertz CT molecular complexity index is 647. The largest absolute Gasteiger partial charge is 0.338 e. The smallest absolute Gasteiger partial charge is 0.258 e. The first-order chi connectivity index (χ1) is 9.27. The number of carbonyl (C=O) groups excluding carboxylic acids is 1. The Morgan fingerprint density at radius 2 is 2.05 bits per heavy atom. The standard InChI is InChI=1S/C14H14BrFN2O2/c1-14(2,3)11-7-12(20-18-11)17-13(19)8-4-5-9(15)10(16)6-8/h4-7H,1-3H3,(H,17,19). The van der Waals surface area contributed by atoms with Crippen molar-refractivity contribution in [2.75, 3.05) is 5.32 Å². The van der Waals surface area contributed by atoms with Crippen LogP contribution in [-0.4, -0.2) is 11.1 Å². The topological polar surface area (TPSA) is 55.1 Å². The van der Waals surface area contributed by atoms with Crippen LogP contribution < -0.4 is 5.32 Å². The zero-order valence-electron chi connectivity index (χ0n) is 11.3. The molecule has 0 aliphatic carbocycles. The maximum atomic E-state index is 13.4. The summed E-state index contributed by atoms with van der Waals surface area (Å²) >= 11 is 3.04. The maximum Gasteiger partial charge on any atom is 0.258 e. The third-order valence-electron chi connectivity index (χ3n) is 2.70. The number of rotatable bonds is 2. The van der Waals surface area contributed by atoms with Crippen LogP contribution in [0.3, 0.4) is 0 Å². The van der Waals surface area contributed by atoms with E-state index in [1.54, 1.807) is 6.07 Å². The summed E-state index contributed by atoms with van der Waals surface area (Å²) < 4.78 is 18.7. The normalized spacial score (nSPS) is 11.4. The van der Waals surface area contributed by atoms with Crippen LogP contribution in [-0.2, 0) is 5.41 Å². The van der Waals surface area contributed by atoms with Crippen molar-refractivity contribution in [3.63, 3.8) is 0 Å². The van der Waals surface area contributed by atoms with Crippen molar-refractivity contribution in [3.05, 3.63) is 45.8 Å². The van der Waals surface area contributed by atoms with Crippen LogP contribution in [0.4, 0.5) is 10.3 Å². The van der Waals surface area contributed by atoms with Crippen molar-refractivity contribution >= 4 is 27.7 Å². The Balaban J connectivity index is 2.15. The highest BCUT2D eigenvalue weighted by Crippen LogP contribution is 2.24. The molecule has 6 heteroatoms. The molecule has 0 atom stereocenters. The van der Waals surface area contributed by atoms with Gasteiger partial charge in [0.1, 0.15) is 5.82 Å². The second-order valence-corrected chi connectivity index (χ2v) is 6.26. The number of anilines is 1. The highest BCUT2D eigenvalue weighted by Gasteiger charge is 2.20. The zero-order chi connectivity index (χ0) is 14.9. The second kappa shape index (κ2) is 5.36. The van der Waals surface area contributed by atoms with E-state index < -0.39 is 11.7 Å². The SMILES string of the molecule is CC(C)(C)c1cc(NC(=O)c2ccc(Br)c(F)c2)on1. The Morgan fingerprint density at radius 3 is 2.60 bits per heavy atom. The minimum absolute atomic E-state index is 0.170. The number of hydrogen-bond acceptors (Lipinski definition) is 3. The van der Waals surface area contributed by atoms with Gasteiger partial charge in [-0.15, -0.1) is 0 Å². The van der Waals surface area contributed by atoms with Crippen molar-refractivity contribution in [2.45, 2.75) is 26.2 Å². The molecule has 0 radical (unpaired) electrons. The molecule has 0 bridgehead atoms. The molecule has 0 unspecified atom stereocenters. The monoisotopic (exact) mass is 340 g/mol. The minimum Gasteiger partial charge on any atom is -0.338 e. The molecule has 1 N–H and O–H groups in total. The van der Waals surface area contributed by atoms with Gasteiger partial charge in [0.2, 0.25) is 5.88 Å². The number of halogens is 2. The molecule has 0 saturated heterocycles. The van der Waals surface area contributed by atoms with Crippen LogP contribution in [0.1, 0.15) is 36.8 Å². The fraction of sp³-hybridized carbons (Fsp3) is 0.286. The molecule has 0 spiro atoms. The maximum absolute atomic E-state index is 13.4. The lowest BCUT2D eigenvalue weighted by molar-refractivity contribution is 0.102. The van der Waals surface area contributed by atoms with Crippen molar-refractivity contribution in [1.82, 2.24) is 5.16 Å². The Morgan fingerprint density at radius 1 is 1.35 bits per heavy atom. The molecule has 106 valence electrons. The number of nitrogens with one attached hydrogen (secondary N) is 1. The van der Waals surface area contributed by atoms with E-state index in [9.17, 15) is 9.18 Å². The van der Waals surface area contributed by atoms with Crippen molar-refractivity contribution < 1.29 is 13.7 Å². The molecule has 1 aromatic carbocycles. The van der Waals surface area contributed by atoms with Crippen LogP contribution in [0.5, 0.6) is 0 Å². The molecule has 2 rings (SSSR count). The van der Waals surface area contributed by atoms with Gasteiger partial charge >= 0.3 is 0 Å². The number of amides is 1. The quantitative estimate of drug-likeness (QED) is 0.894. The number of aromatic nitrogens is 1. The predicted octanol–water partition coefficient (Wildman–Crippen LogP) is 4.13. The Hall–Kier alpha value is -1.69. The number of carbonyl (C=O) groups is 1. The predicted molar refractivity (Wildman–Crippen MR) is 77.3 cm³/mol. The van der Waals surface area contributed by atoms with Crippen LogP contribution in [0.15, 0.2) is 33.3 Å². The zero-order valence-corrected chi connectivity index (χ0v) is 12.9. The molecule has 0 aliphatic rings. The van der Waals surface area contributed by atoms with E-state index in [-0.39, 0.29) is 16.9 Å². The molecule has 1 heterocycles. The number of benzene rings is 1. The molecule has 0 saturated carbocycles. The van der Waals surface area contributed by atoms with E-state index in [1.165, 1.54) is 12.1 Å². The molecule has 2 aromatic rings. The van der Waals surface area contributed by atoms with E-state index in [4.69, 9.17) is 4.52 Å². The Labute approximate surface area is 124 Å². The number of nitrogens with zero attached hydrogens (tertiary/aromatic N) is 1. The molecule has 20 heavy (non-hydrogen) atoms. The van der Waals surface area contributed by atoms with Gasteiger partial charge in [0, 0.05) is 17.0 Å². The van der Waals surface area contributed by atoms with Gasteiger partial charge in [-0.1, -0.05) is 25.9 Å². The van der Waals surface area contributed by atoms with E-state index >= 15 is 0 Å². The summed E-state index contributed by atoms with van der Waals surface area (Å²) in [5.74, 6) is -0.707. The van der Waals surface area contributed by atoms with E-state index in [1.807, 2.05) is 20.8 Å². The van der Waals surface area contributed by atoms with Gasteiger partial charge in [0.25, 0.3) is 5.91 Å². The molecular weight excluding hydrogens is 327 g/mol.